The number of hydrogen-bond acceptors (Lipinski definition) is 4. The van der Waals surface area contributed by atoms with Gasteiger partial charge in [0, 0.05) is 42.3 Å². The summed E-state index contributed by atoms with van der Waals surface area (Å²) in [4.78, 5) is 24.5. The molecule has 32 heavy (non-hydrogen) atoms. The van der Waals surface area contributed by atoms with E-state index >= 15 is 0 Å². The number of rotatable bonds is 8. The molecule has 1 heterocycles. The molecule has 2 aromatic rings. The summed E-state index contributed by atoms with van der Waals surface area (Å²) >= 11 is 5.81. The molecular formula is C23H28ClN3O4S. The highest BCUT2D eigenvalue weighted by molar-refractivity contribution is 7.89. The molecule has 9 heteroatoms. The normalized spacial score (nSPS) is 15.0. The number of carbonyl (C=O) groups excluding carboxylic acids is 2. The number of sulfonamides is 1. The van der Waals surface area contributed by atoms with E-state index in [1.54, 1.807) is 42.5 Å². The van der Waals surface area contributed by atoms with Crippen molar-refractivity contribution in [3.63, 3.8) is 0 Å². The van der Waals surface area contributed by atoms with E-state index in [1.807, 2.05) is 0 Å². The largest absolute Gasteiger partial charge is 0.352 e. The lowest BCUT2D eigenvalue weighted by Crippen LogP contribution is -2.32. The number of benzene rings is 2. The molecule has 1 fully saturated rings. The van der Waals surface area contributed by atoms with Gasteiger partial charge < -0.3 is 10.6 Å². The molecule has 0 aromatic heterocycles. The quantitative estimate of drug-likeness (QED) is 0.560. The Hall–Kier alpha value is -2.42. The van der Waals surface area contributed by atoms with Gasteiger partial charge >= 0.3 is 0 Å². The first-order valence-corrected chi connectivity index (χ1v) is 12.6. The van der Waals surface area contributed by atoms with Gasteiger partial charge in [0.2, 0.25) is 15.9 Å². The second-order valence-electron chi connectivity index (χ2n) is 7.76. The fraction of sp³-hybridized carbons (Fsp3) is 0.391. The Morgan fingerprint density at radius 2 is 1.66 bits per heavy atom. The van der Waals surface area contributed by atoms with E-state index in [4.69, 9.17) is 11.6 Å². The Morgan fingerprint density at radius 3 is 2.34 bits per heavy atom. The maximum atomic E-state index is 13.0. The molecule has 0 aliphatic carbocycles. The van der Waals surface area contributed by atoms with E-state index in [2.05, 4.69) is 10.6 Å². The Kier molecular flexibility index (Phi) is 8.67. The Labute approximate surface area is 194 Å². The van der Waals surface area contributed by atoms with Gasteiger partial charge in [0.25, 0.3) is 5.91 Å². The van der Waals surface area contributed by atoms with Crippen LogP contribution in [0.5, 0.6) is 0 Å². The predicted octanol–water partition coefficient (Wildman–Crippen LogP) is 4.05. The summed E-state index contributed by atoms with van der Waals surface area (Å²) < 4.78 is 27.4. The molecule has 1 aliphatic rings. The van der Waals surface area contributed by atoms with Crippen molar-refractivity contribution in [2.75, 3.05) is 25.0 Å². The second kappa shape index (κ2) is 11.4. The first kappa shape index (κ1) is 24.2. The third-order valence-corrected chi connectivity index (χ3v) is 7.44. The van der Waals surface area contributed by atoms with Gasteiger partial charge in [-0.15, -0.1) is 0 Å². The van der Waals surface area contributed by atoms with Crippen molar-refractivity contribution in [3.05, 3.63) is 59.1 Å². The topological polar surface area (TPSA) is 95.6 Å². The van der Waals surface area contributed by atoms with Gasteiger partial charge in [-0.1, -0.05) is 30.5 Å². The smallest absolute Gasteiger partial charge is 0.251 e. The van der Waals surface area contributed by atoms with Crippen LogP contribution < -0.4 is 10.6 Å². The highest BCUT2D eigenvalue weighted by atomic mass is 35.5. The van der Waals surface area contributed by atoms with Crippen LogP contribution in [-0.4, -0.2) is 44.2 Å². The average molecular weight is 478 g/mol. The molecule has 3 rings (SSSR count). The highest BCUT2D eigenvalue weighted by Crippen LogP contribution is 2.22. The van der Waals surface area contributed by atoms with Crippen LogP contribution >= 0.6 is 11.6 Å². The zero-order chi connectivity index (χ0) is 23.0. The molecule has 2 aromatic carbocycles. The molecule has 2 amide bonds. The van der Waals surface area contributed by atoms with E-state index < -0.39 is 10.0 Å². The molecule has 0 radical (unpaired) electrons. The summed E-state index contributed by atoms with van der Waals surface area (Å²) in [5.41, 5.74) is 0.942. The van der Waals surface area contributed by atoms with Crippen LogP contribution in [-0.2, 0) is 14.8 Å². The minimum absolute atomic E-state index is 0.187. The average Bonchev–Trinajstić information content (AvgIpc) is 3.07. The highest BCUT2D eigenvalue weighted by Gasteiger charge is 2.25. The van der Waals surface area contributed by atoms with Crippen molar-refractivity contribution < 1.29 is 18.0 Å². The molecule has 0 bridgehead atoms. The standard InChI is InChI=1S/C23H28ClN3O4S/c24-19-12-10-18(11-13-19)23(29)25-14-6-9-22(28)26-20-7-5-8-21(17-20)32(30,31)27-15-3-1-2-4-16-27/h5,7-8,10-13,17H,1-4,6,9,14-16H2,(H,25,29)(H,26,28). The van der Waals surface area contributed by atoms with E-state index in [0.29, 0.717) is 42.3 Å². The SMILES string of the molecule is O=C(CCCNC(=O)c1ccc(Cl)cc1)Nc1cccc(S(=O)(=O)N2CCCCCC2)c1. The summed E-state index contributed by atoms with van der Waals surface area (Å²) in [5, 5.41) is 6.06. The van der Waals surface area contributed by atoms with Crippen molar-refractivity contribution >= 4 is 39.1 Å². The van der Waals surface area contributed by atoms with Gasteiger partial charge in [-0.3, -0.25) is 9.59 Å². The molecule has 172 valence electrons. The summed E-state index contributed by atoms with van der Waals surface area (Å²) in [6.45, 7) is 1.40. The number of carbonyl (C=O) groups is 2. The van der Waals surface area contributed by atoms with Crippen LogP contribution in [0.2, 0.25) is 5.02 Å². The molecule has 0 saturated carbocycles. The molecule has 0 spiro atoms. The van der Waals surface area contributed by atoms with Crippen LogP contribution in [0.3, 0.4) is 0 Å². The molecule has 0 unspecified atom stereocenters. The van der Waals surface area contributed by atoms with Gasteiger partial charge in [0.1, 0.15) is 0 Å². The van der Waals surface area contributed by atoms with Crippen LogP contribution in [0.4, 0.5) is 5.69 Å². The maximum Gasteiger partial charge on any atom is 0.251 e. The molecule has 1 saturated heterocycles. The number of nitrogens with zero attached hydrogens (tertiary/aromatic N) is 1. The van der Waals surface area contributed by atoms with E-state index in [0.717, 1.165) is 25.7 Å². The van der Waals surface area contributed by atoms with Crippen molar-refractivity contribution in [2.45, 2.75) is 43.4 Å². The lowest BCUT2D eigenvalue weighted by atomic mass is 10.2. The summed E-state index contributed by atoms with van der Waals surface area (Å²) in [5.74, 6) is -0.469. The number of nitrogens with one attached hydrogen (secondary N) is 2. The third kappa shape index (κ3) is 6.79. The fourth-order valence-electron chi connectivity index (χ4n) is 3.54. The lowest BCUT2D eigenvalue weighted by molar-refractivity contribution is -0.116. The minimum atomic E-state index is -3.58. The lowest BCUT2D eigenvalue weighted by Gasteiger charge is -2.20. The summed E-state index contributed by atoms with van der Waals surface area (Å²) in [6, 6.07) is 12.9. The van der Waals surface area contributed by atoms with Crippen molar-refractivity contribution in [2.24, 2.45) is 0 Å². The van der Waals surface area contributed by atoms with E-state index in [-0.39, 0.29) is 23.1 Å². The summed E-state index contributed by atoms with van der Waals surface area (Å²) in [6.07, 6.45) is 4.47. The first-order valence-electron chi connectivity index (χ1n) is 10.8. The van der Waals surface area contributed by atoms with E-state index in [9.17, 15) is 18.0 Å². The Bertz CT molecular complexity index is 1030. The second-order valence-corrected chi connectivity index (χ2v) is 10.1. The maximum absolute atomic E-state index is 13.0. The Balaban J connectivity index is 1.49. The van der Waals surface area contributed by atoms with Crippen LogP contribution in [0.15, 0.2) is 53.4 Å². The summed E-state index contributed by atoms with van der Waals surface area (Å²) in [7, 11) is -3.58. The number of amides is 2. The zero-order valence-corrected chi connectivity index (χ0v) is 19.4. The molecule has 0 atom stereocenters. The first-order chi connectivity index (χ1) is 15.4. The van der Waals surface area contributed by atoms with Crippen molar-refractivity contribution in [3.8, 4) is 0 Å². The molecule has 2 N–H and O–H groups in total. The monoisotopic (exact) mass is 477 g/mol. The number of anilines is 1. The van der Waals surface area contributed by atoms with Gasteiger partial charge in [0.15, 0.2) is 0 Å². The van der Waals surface area contributed by atoms with Gasteiger partial charge in [-0.25, -0.2) is 8.42 Å². The number of hydrogen-bond donors (Lipinski definition) is 2. The van der Waals surface area contributed by atoms with Gasteiger partial charge in [0.05, 0.1) is 4.90 Å². The minimum Gasteiger partial charge on any atom is -0.352 e. The predicted molar refractivity (Wildman–Crippen MR) is 125 cm³/mol. The van der Waals surface area contributed by atoms with Crippen molar-refractivity contribution in [1.82, 2.24) is 9.62 Å². The third-order valence-electron chi connectivity index (χ3n) is 5.29. The molecular weight excluding hydrogens is 450 g/mol. The zero-order valence-electron chi connectivity index (χ0n) is 17.8. The van der Waals surface area contributed by atoms with Gasteiger partial charge in [-0.05, 0) is 61.7 Å². The number of halogens is 1. The van der Waals surface area contributed by atoms with Crippen LogP contribution in [0, 0.1) is 0 Å². The Morgan fingerprint density at radius 1 is 0.969 bits per heavy atom. The molecule has 1 aliphatic heterocycles. The molecule has 7 nitrogen and oxygen atoms in total. The van der Waals surface area contributed by atoms with Crippen molar-refractivity contribution in [1.29, 1.82) is 0 Å². The van der Waals surface area contributed by atoms with Crippen LogP contribution in [0.1, 0.15) is 48.9 Å². The fourth-order valence-corrected chi connectivity index (χ4v) is 5.23. The van der Waals surface area contributed by atoms with Crippen LogP contribution in [0.25, 0.3) is 0 Å². The van der Waals surface area contributed by atoms with E-state index in [1.165, 1.54) is 10.4 Å². The van der Waals surface area contributed by atoms with Gasteiger partial charge in [-0.2, -0.15) is 4.31 Å².